The molecular weight excluding hydrogens is 236 g/mol. The van der Waals surface area contributed by atoms with Crippen LogP contribution in [0.3, 0.4) is 0 Å². The van der Waals surface area contributed by atoms with Crippen LogP contribution in [-0.2, 0) is 7.05 Å². The molecule has 0 bridgehead atoms. The van der Waals surface area contributed by atoms with Gasteiger partial charge in [0.25, 0.3) is 0 Å². The van der Waals surface area contributed by atoms with Gasteiger partial charge in [0.2, 0.25) is 0 Å². The second kappa shape index (κ2) is 6.53. The van der Waals surface area contributed by atoms with E-state index in [9.17, 15) is 0 Å². The van der Waals surface area contributed by atoms with Crippen LogP contribution in [0.4, 0.5) is 0 Å². The maximum atomic E-state index is 6.42. The van der Waals surface area contributed by atoms with Crippen molar-refractivity contribution in [2.24, 2.45) is 12.8 Å². The van der Waals surface area contributed by atoms with Crippen molar-refractivity contribution >= 4 is 0 Å². The van der Waals surface area contributed by atoms with Crippen molar-refractivity contribution in [2.75, 3.05) is 6.54 Å². The first kappa shape index (κ1) is 14.5. The Hall–Kier alpha value is -0.870. The average Bonchev–Trinajstić information content (AvgIpc) is 3.16. The minimum absolute atomic E-state index is 0.196. The molecular formula is C15H28N4. The minimum atomic E-state index is 0.196. The summed E-state index contributed by atoms with van der Waals surface area (Å²) in [6.45, 7) is 5.59. The van der Waals surface area contributed by atoms with Gasteiger partial charge in [0.1, 0.15) is 0 Å². The highest BCUT2D eigenvalue weighted by Gasteiger charge is 2.36. The third kappa shape index (κ3) is 3.57. The summed E-state index contributed by atoms with van der Waals surface area (Å²) in [6.07, 6.45) is 10.3. The number of hydrogen-bond acceptors (Lipinski definition) is 3. The van der Waals surface area contributed by atoms with Gasteiger partial charge in [0, 0.05) is 30.9 Å². The highest BCUT2D eigenvalue weighted by molar-refractivity contribution is 5.15. The van der Waals surface area contributed by atoms with E-state index in [4.69, 9.17) is 5.73 Å². The van der Waals surface area contributed by atoms with E-state index < -0.39 is 0 Å². The van der Waals surface area contributed by atoms with E-state index in [1.54, 1.807) is 0 Å². The first-order valence-corrected chi connectivity index (χ1v) is 7.67. The van der Waals surface area contributed by atoms with Gasteiger partial charge >= 0.3 is 0 Å². The summed E-state index contributed by atoms with van der Waals surface area (Å²) in [5.74, 6) is 0. The van der Waals surface area contributed by atoms with Crippen molar-refractivity contribution < 1.29 is 0 Å². The van der Waals surface area contributed by atoms with Crippen molar-refractivity contribution in [3.8, 4) is 0 Å². The summed E-state index contributed by atoms with van der Waals surface area (Å²) in [4.78, 5) is 2.63. The summed E-state index contributed by atoms with van der Waals surface area (Å²) in [7, 11) is 1.98. The normalized spacial score (nSPS) is 18.8. The highest BCUT2D eigenvalue weighted by atomic mass is 15.3. The third-order valence-electron chi connectivity index (χ3n) is 4.09. The molecule has 108 valence electrons. The van der Waals surface area contributed by atoms with E-state index in [1.165, 1.54) is 31.2 Å². The van der Waals surface area contributed by atoms with Gasteiger partial charge in [-0.1, -0.05) is 20.3 Å². The van der Waals surface area contributed by atoms with Crippen LogP contribution in [0.2, 0.25) is 0 Å². The average molecular weight is 264 g/mol. The molecule has 1 fully saturated rings. The fraction of sp³-hybridized carbons (Fsp3) is 0.800. The monoisotopic (exact) mass is 264 g/mol. The summed E-state index contributed by atoms with van der Waals surface area (Å²) >= 11 is 0. The molecule has 1 aromatic rings. The molecule has 1 aromatic heterocycles. The molecule has 0 amide bonds. The Labute approximate surface area is 117 Å². The molecule has 4 heteroatoms. The SMILES string of the molecule is CCCCN(C1CC1)C(c1cnn(C)c1)C(N)CC. The molecule has 0 aliphatic heterocycles. The maximum Gasteiger partial charge on any atom is 0.0538 e. The molecule has 1 aliphatic rings. The Kier molecular flexibility index (Phi) is 4.99. The molecule has 2 atom stereocenters. The number of aromatic nitrogens is 2. The van der Waals surface area contributed by atoms with Crippen LogP contribution in [0.25, 0.3) is 0 Å². The van der Waals surface area contributed by atoms with Gasteiger partial charge in [0.15, 0.2) is 0 Å². The zero-order valence-corrected chi connectivity index (χ0v) is 12.5. The Morgan fingerprint density at radius 2 is 2.21 bits per heavy atom. The topological polar surface area (TPSA) is 47.1 Å². The van der Waals surface area contributed by atoms with Crippen LogP contribution in [0, 0.1) is 0 Å². The molecule has 1 aliphatic carbocycles. The van der Waals surface area contributed by atoms with Gasteiger partial charge in [0.05, 0.1) is 12.2 Å². The van der Waals surface area contributed by atoms with E-state index in [0.717, 1.165) is 19.0 Å². The zero-order chi connectivity index (χ0) is 13.8. The van der Waals surface area contributed by atoms with Crippen LogP contribution in [-0.4, -0.2) is 33.3 Å². The largest absolute Gasteiger partial charge is 0.326 e. The van der Waals surface area contributed by atoms with Gasteiger partial charge in [-0.15, -0.1) is 0 Å². The lowest BCUT2D eigenvalue weighted by Gasteiger charge is -2.35. The molecule has 1 saturated carbocycles. The number of aryl methyl sites for hydroxylation is 1. The third-order valence-corrected chi connectivity index (χ3v) is 4.09. The molecule has 0 aromatic carbocycles. The highest BCUT2D eigenvalue weighted by Crippen LogP contribution is 2.36. The summed E-state index contributed by atoms with van der Waals surface area (Å²) in [5.41, 5.74) is 7.70. The van der Waals surface area contributed by atoms with E-state index in [1.807, 2.05) is 17.9 Å². The molecule has 2 rings (SSSR count). The molecule has 0 spiro atoms. The number of nitrogens with zero attached hydrogens (tertiary/aromatic N) is 3. The molecule has 0 saturated heterocycles. The Bertz CT molecular complexity index is 383. The van der Waals surface area contributed by atoms with Crippen molar-refractivity contribution in [3.63, 3.8) is 0 Å². The zero-order valence-electron chi connectivity index (χ0n) is 12.5. The van der Waals surface area contributed by atoms with E-state index in [0.29, 0.717) is 6.04 Å². The van der Waals surface area contributed by atoms with Gasteiger partial charge in [-0.05, 0) is 32.2 Å². The second-order valence-corrected chi connectivity index (χ2v) is 5.79. The van der Waals surface area contributed by atoms with E-state index >= 15 is 0 Å². The number of rotatable bonds is 8. The van der Waals surface area contributed by atoms with Crippen LogP contribution in [0.5, 0.6) is 0 Å². The van der Waals surface area contributed by atoms with Crippen LogP contribution in [0.15, 0.2) is 12.4 Å². The molecule has 1 heterocycles. The first-order valence-electron chi connectivity index (χ1n) is 7.67. The van der Waals surface area contributed by atoms with E-state index in [2.05, 4.69) is 30.0 Å². The lowest BCUT2D eigenvalue weighted by Crippen LogP contribution is -2.42. The Morgan fingerprint density at radius 1 is 1.47 bits per heavy atom. The summed E-state index contributed by atoms with van der Waals surface area (Å²) in [6, 6.07) is 1.27. The van der Waals surface area contributed by atoms with Crippen LogP contribution < -0.4 is 5.73 Å². The lowest BCUT2D eigenvalue weighted by molar-refractivity contribution is 0.157. The minimum Gasteiger partial charge on any atom is -0.326 e. The second-order valence-electron chi connectivity index (χ2n) is 5.79. The van der Waals surface area contributed by atoms with Crippen LogP contribution >= 0.6 is 0 Å². The van der Waals surface area contributed by atoms with Crippen LogP contribution in [0.1, 0.15) is 57.6 Å². The van der Waals surface area contributed by atoms with Crippen molar-refractivity contribution in [3.05, 3.63) is 18.0 Å². The predicted molar refractivity (Wildman–Crippen MR) is 78.9 cm³/mol. The molecule has 2 N–H and O–H groups in total. The van der Waals surface area contributed by atoms with Gasteiger partial charge < -0.3 is 5.73 Å². The quantitative estimate of drug-likeness (QED) is 0.784. The van der Waals surface area contributed by atoms with Gasteiger partial charge in [-0.3, -0.25) is 9.58 Å². The van der Waals surface area contributed by atoms with Gasteiger partial charge in [-0.2, -0.15) is 5.10 Å². The number of hydrogen-bond donors (Lipinski definition) is 1. The first-order chi connectivity index (χ1) is 9.17. The fourth-order valence-corrected chi connectivity index (χ4v) is 2.80. The van der Waals surface area contributed by atoms with Crippen molar-refractivity contribution in [2.45, 2.75) is 64.1 Å². The van der Waals surface area contributed by atoms with Gasteiger partial charge in [-0.25, -0.2) is 0 Å². The van der Waals surface area contributed by atoms with E-state index in [-0.39, 0.29) is 6.04 Å². The Balaban J connectivity index is 2.19. The smallest absolute Gasteiger partial charge is 0.0538 e. The lowest BCUT2D eigenvalue weighted by atomic mass is 9.98. The number of nitrogens with two attached hydrogens (primary N) is 1. The fourth-order valence-electron chi connectivity index (χ4n) is 2.80. The standard InChI is InChI=1S/C15H28N4/c1-4-6-9-19(13-7-8-13)15(14(16)5-2)12-10-17-18(3)11-12/h10-11,13-15H,4-9,16H2,1-3H3. The number of unbranched alkanes of at least 4 members (excludes halogenated alkanes) is 1. The molecule has 4 nitrogen and oxygen atoms in total. The summed E-state index contributed by atoms with van der Waals surface area (Å²) in [5, 5.41) is 4.33. The molecule has 0 radical (unpaired) electrons. The van der Waals surface area contributed by atoms with Crippen molar-refractivity contribution in [1.82, 2.24) is 14.7 Å². The molecule has 2 unspecified atom stereocenters. The predicted octanol–water partition coefficient (Wildman–Crippen LogP) is 2.46. The summed E-state index contributed by atoms with van der Waals surface area (Å²) < 4.78 is 1.88. The Morgan fingerprint density at radius 3 is 2.68 bits per heavy atom. The maximum absolute atomic E-state index is 6.42. The van der Waals surface area contributed by atoms with Crippen molar-refractivity contribution in [1.29, 1.82) is 0 Å². The molecule has 19 heavy (non-hydrogen) atoms.